The first kappa shape index (κ1) is 48.2. The lowest BCUT2D eigenvalue weighted by Crippen LogP contribution is -2.52. The maximum absolute atomic E-state index is 12.3. The number of fused-ring (bicyclic) bond motifs is 2. The van der Waals surface area contributed by atoms with Gasteiger partial charge in [-0.25, -0.2) is 9.97 Å². The van der Waals surface area contributed by atoms with E-state index in [2.05, 4.69) is 56.8 Å². The van der Waals surface area contributed by atoms with Crippen molar-refractivity contribution in [2.45, 2.75) is 39.8 Å². The van der Waals surface area contributed by atoms with Crippen LogP contribution in [0.25, 0.3) is 44.3 Å². The van der Waals surface area contributed by atoms with E-state index in [-0.39, 0.29) is 43.7 Å². The number of benzene rings is 2. The van der Waals surface area contributed by atoms with Crippen LogP contribution in [0.4, 0.5) is 11.9 Å². The average Bonchev–Trinajstić information content (AvgIpc) is 3.88. The van der Waals surface area contributed by atoms with E-state index in [4.69, 9.17) is 20.9 Å². The summed E-state index contributed by atoms with van der Waals surface area (Å²) in [6.45, 7) is 14.0. The number of amides is 1. The lowest BCUT2D eigenvalue weighted by molar-refractivity contribution is -0.138. The molecule has 2 aromatic carbocycles. The molecule has 6 heterocycles. The van der Waals surface area contributed by atoms with Crippen LogP contribution in [0.2, 0.25) is 0 Å². The van der Waals surface area contributed by atoms with Crippen molar-refractivity contribution in [3.8, 4) is 22.5 Å². The Bertz CT molecular complexity index is 2480. The van der Waals surface area contributed by atoms with Gasteiger partial charge in [0.2, 0.25) is 17.8 Å². The number of carboxylic acid groups (broad SMARTS) is 1. The van der Waals surface area contributed by atoms with Gasteiger partial charge in [-0.15, -0.1) is 10.2 Å². The number of hydrogen-bond donors (Lipinski definition) is 5. The van der Waals surface area contributed by atoms with E-state index < -0.39 is 5.97 Å². The predicted molar refractivity (Wildman–Crippen MR) is 248 cm³/mol. The first-order chi connectivity index (χ1) is 31.2. The number of aliphatic hydroxyl groups is 2. The highest BCUT2D eigenvalue weighted by Crippen LogP contribution is 2.25. The summed E-state index contributed by atoms with van der Waals surface area (Å²) in [4.78, 5) is 40.7. The first-order valence-electron chi connectivity index (χ1n) is 21.9. The summed E-state index contributed by atoms with van der Waals surface area (Å²) in [5.41, 5.74) is 11.0. The molecule has 21 nitrogen and oxygen atoms in total. The average molecular weight is 895 g/mol. The Morgan fingerprint density at radius 1 is 0.662 bits per heavy atom. The molecule has 0 radical (unpaired) electrons. The van der Waals surface area contributed by atoms with Crippen LogP contribution in [-0.4, -0.2) is 178 Å². The van der Waals surface area contributed by atoms with Crippen LogP contribution in [0.1, 0.15) is 27.7 Å². The molecule has 2 saturated heterocycles. The van der Waals surface area contributed by atoms with Gasteiger partial charge in [0, 0.05) is 94.4 Å². The number of nitrogens with one attached hydrogen (secondary N) is 1. The Kier molecular flexibility index (Phi) is 16.7. The van der Waals surface area contributed by atoms with Gasteiger partial charge in [-0.1, -0.05) is 39.8 Å². The molecular formula is C44H62N16O5. The van der Waals surface area contributed by atoms with Gasteiger partial charge in [-0.3, -0.25) is 28.8 Å². The number of hydrogen-bond acceptors (Lipinski definition) is 17. The van der Waals surface area contributed by atoms with E-state index in [0.29, 0.717) is 63.6 Å². The number of nitrogens with two attached hydrogens (primary N) is 1. The summed E-state index contributed by atoms with van der Waals surface area (Å²) in [7, 11) is 3.83. The van der Waals surface area contributed by atoms with Crippen molar-refractivity contribution in [3.05, 3.63) is 61.2 Å². The molecular weight excluding hydrogens is 833 g/mol. The van der Waals surface area contributed by atoms with Crippen molar-refractivity contribution in [3.63, 3.8) is 0 Å². The van der Waals surface area contributed by atoms with E-state index in [9.17, 15) is 14.7 Å². The van der Waals surface area contributed by atoms with Crippen LogP contribution < -0.4 is 20.9 Å². The molecule has 2 aliphatic rings. The number of nitrogens with zero attached hydrogens (tertiary/aromatic N) is 14. The second-order valence-corrected chi connectivity index (χ2v) is 17.0. The van der Waals surface area contributed by atoms with E-state index >= 15 is 0 Å². The SMILES string of the molecule is CC(C)[C@@H](CO)NC(=O)CN1CCN(c2nncc(-c3ccc4c(cnn4C)c3)n2)CC1.CC(C)[C@H](N)CO.Cn1ncc2cc(-c3cnnc(N4CCN(CC(=O)O)CC4)n3)ccc21. The summed E-state index contributed by atoms with van der Waals surface area (Å²) in [6, 6.07) is 11.9. The number of aliphatic hydroxyl groups excluding tert-OH is 2. The smallest absolute Gasteiger partial charge is 0.317 e. The lowest BCUT2D eigenvalue weighted by Gasteiger charge is -2.34. The summed E-state index contributed by atoms with van der Waals surface area (Å²) in [6.07, 6.45) is 7.00. The molecule has 4 aromatic heterocycles. The summed E-state index contributed by atoms with van der Waals surface area (Å²) in [5.74, 6) is 0.893. The van der Waals surface area contributed by atoms with Gasteiger partial charge in [0.25, 0.3) is 0 Å². The number of aliphatic carboxylic acids is 1. The third-order valence-electron chi connectivity index (χ3n) is 11.6. The van der Waals surface area contributed by atoms with Crippen molar-refractivity contribution in [2.75, 3.05) is 88.5 Å². The minimum absolute atomic E-state index is 0.0417. The third kappa shape index (κ3) is 12.9. The number of piperazine rings is 2. The van der Waals surface area contributed by atoms with Gasteiger partial charge in [-0.2, -0.15) is 20.4 Å². The van der Waals surface area contributed by atoms with Gasteiger partial charge in [-0.05, 0) is 36.1 Å². The van der Waals surface area contributed by atoms with E-state index in [1.807, 2.05) is 104 Å². The van der Waals surface area contributed by atoms with Crippen molar-refractivity contribution in [1.82, 2.24) is 65.0 Å². The normalized spacial score (nSPS) is 15.7. The third-order valence-corrected chi connectivity index (χ3v) is 11.6. The molecule has 21 heteroatoms. The zero-order valence-corrected chi connectivity index (χ0v) is 38.1. The molecule has 0 bridgehead atoms. The Morgan fingerprint density at radius 3 is 1.51 bits per heavy atom. The van der Waals surface area contributed by atoms with Gasteiger partial charge in [0.1, 0.15) is 0 Å². The molecule has 2 fully saturated rings. The van der Waals surface area contributed by atoms with E-state index in [1.54, 1.807) is 12.4 Å². The molecule has 0 aliphatic carbocycles. The molecule has 348 valence electrons. The number of carboxylic acids is 1. The fourth-order valence-electron chi connectivity index (χ4n) is 7.27. The van der Waals surface area contributed by atoms with Crippen molar-refractivity contribution < 1.29 is 24.9 Å². The molecule has 0 unspecified atom stereocenters. The fraction of sp³-hybridized carbons (Fsp3) is 0.500. The number of aromatic nitrogens is 10. The highest BCUT2D eigenvalue weighted by Gasteiger charge is 2.24. The molecule has 8 rings (SSSR count). The van der Waals surface area contributed by atoms with Crippen LogP contribution in [-0.2, 0) is 23.7 Å². The van der Waals surface area contributed by atoms with Crippen LogP contribution in [0.5, 0.6) is 0 Å². The first-order valence-corrected chi connectivity index (χ1v) is 21.9. The van der Waals surface area contributed by atoms with Crippen LogP contribution in [0.3, 0.4) is 0 Å². The topological polar surface area (TPSA) is 259 Å². The lowest BCUT2D eigenvalue weighted by atomic mass is 10.1. The maximum atomic E-state index is 12.3. The standard InChI is InChI=1S/C22H30N8O2.C17H19N7O2.C5H13NO/c1-15(2)19(14-31)25-21(32)13-29-6-8-30(9-7-29)22-26-18(12-23-27-22)16-4-5-20-17(10-16)11-24-28(20)3;1-22-15-3-2-12(8-13(15)9-19-22)14-10-18-21-17(20-14)24-6-4-23(5-7-24)11-16(25)26;1-4(2)5(6)3-7/h4-5,10-12,15,19,31H,6-9,13-14H2,1-3H3,(H,25,32);2-3,8-10H,4-7,11H2,1H3,(H,25,26);4-5,7H,3,6H2,1-2H3/t19-;;5-/m1.1/s1. The minimum atomic E-state index is -0.802. The van der Waals surface area contributed by atoms with Gasteiger partial charge >= 0.3 is 5.97 Å². The molecule has 6 N–H and O–H groups in total. The molecule has 6 aromatic rings. The van der Waals surface area contributed by atoms with Crippen molar-refractivity contribution in [1.29, 1.82) is 0 Å². The Balaban J connectivity index is 0.000000191. The van der Waals surface area contributed by atoms with Crippen molar-refractivity contribution >= 4 is 45.6 Å². The van der Waals surface area contributed by atoms with Crippen LogP contribution in [0, 0.1) is 11.8 Å². The summed E-state index contributed by atoms with van der Waals surface area (Å²) >= 11 is 0. The molecule has 2 aliphatic heterocycles. The zero-order valence-electron chi connectivity index (χ0n) is 38.1. The van der Waals surface area contributed by atoms with Gasteiger partial charge in [0.15, 0.2) is 0 Å². The van der Waals surface area contributed by atoms with Gasteiger partial charge < -0.3 is 36.2 Å². The molecule has 2 atom stereocenters. The maximum Gasteiger partial charge on any atom is 0.317 e. The molecule has 0 spiro atoms. The zero-order chi connectivity index (χ0) is 46.6. The summed E-state index contributed by atoms with van der Waals surface area (Å²) < 4.78 is 3.68. The van der Waals surface area contributed by atoms with Gasteiger partial charge in [0.05, 0.1) is 79.6 Å². The number of carbonyl (C=O) groups excluding carboxylic acids is 1. The predicted octanol–water partition coefficient (Wildman–Crippen LogP) is 1.27. The second-order valence-electron chi connectivity index (χ2n) is 17.0. The molecule has 1 amide bonds. The number of rotatable bonds is 13. The van der Waals surface area contributed by atoms with Crippen LogP contribution >= 0.6 is 0 Å². The van der Waals surface area contributed by atoms with E-state index in [0.717, 1.165) is 57.4 Å². The quantitative estimate of drug-likeness (QED) is 0.109. The Morgan fingerprint density at radius 2 is 1.12 bits per heavy atom. The minimum Gasteiger partial charge on any atom is -0.480 e. The molecule has 65 heavy (non-hydrogen) atoms. The Labute approximate surface area is 378 Å². The largest absolute Gasteiger partial charge is 0.480 e. The summed E-state index contributed by atoms with van der Waals surface area (Å²) in [5, 5.41) is 56.9. The second kappa shape index (κ2) is 22.6. The molecule has 0 saturated carbocycles. The number of aryl methyl sites for hydroxylation is 2. The number of anilines is 2. The van der Waals surface area contributed by atoms with Crippen molar-refractivity contribution in [2.24, 2.45) is 31.7 Å². The number of carbonyl (C=O) groups is 2. The Hall–Kier alpha value is -6.26. The van der Waals surface area contributed by atoms with Crippen LogP contribution in [0.15, 0.2) is 61.2 Å². The highest BCUT2D eigenvalue weighted by atomic mass is 16.4. The monoisotopic (exact) mass is 895 g/mol. The van der Waals surface area contributed by atoms with E-state index in [1.165, 1.54) is 0 Å². The fourth-order valence-corrected chi connectivity index (χ4v) is 7.27. The highest BCUT2D eigenvalue weighted by molar-refractivity contribution is 5.85.